The van der Waals surface area contributed by atoms with Gasteiger partial charge in [0, 0.05) is 23.5 Å². The number of rotatable bonds is 4. The number of nitrogens with zero attached hydrogens (tertiary/aromatic N) is 1. The van der Waals surface area contributed by atoms with E-state index < -0.39 is 0 Å². The van der Waals surface area contributed by atoms with Gasteiger partial charge in [-0.05, 0) is 35.6 Å². The third-order valence-electron chi connectivity index (χ3n) is 3.65. The minimum atomic E-state index is 0.155. The van der Waals surface area contributed by atoms with Crippen LogP contribution in [-0.2, 0) is 13.0 Å². The molecule has 2 aromatic rings. The third-order valence-corrected chi connectivity index (χ3v) is 4.67. The molecule has 1 aliphatic heterocycles. The fraction of sp³-hybridized carbons (Fsp3) is 0.312. The lowest BCUT2D eigenvalue weighted by Crippen LogP contribution is -2.34. The van der Waals surface area contributed by atoms with Crippen molar-refractivity contribution >= 4 is 17.1 Å². The highest BCUT2D eigenvalue weighted by Crippen LogP contribution is 2.24. The average molecular weight is 287 g/mol. The number of methoxy groups -OCH3 is 1. The summed E-state index contributed by atoms with van der Waals surface area (Å²) >= 11 is 1.82. The van der Waals surface area contributed by atoms with E-state index in [0.717, 1.165) is 30.8 Å². The maximum Gasteiger partial charge on any atom is 0.176 e. The topological polar surface area (TPSA) is 29.5 Å². The Morgan fingerprint density at radius 2 is 2.30 bits per heavy atom. The molecule has 3 rings (SSSR count). The van der Waals surface area contributed by atoms with Gasteiger partial charge in [0.1, 0.15) is 5.75 Å². The molecule has 0 radical (unpaired) electrons. The highest BCUT2D eigenvalue weighted by Gasteiger charge is 2.19. The summed E-state index contributed by atoms with van der Waals surface area (Å²) in [5, 5.41) is 2.14. The largest absolute Gasteiger partial charge is 0.497 e. The Hall–Kier alpha value is -1.65. The molecule has 4 heteroatoms. The molecule has 20 heavy (non-hydrogen) atoms. The van der Waals surface area contributed by atoms with E-state index >= 15 is 0 Å². The molecule has 3 nitrogen and oxygen atoms in total. The molecule has 0 unspecified atom stereocenters. The SMILES string of the molecule is COc1cccc(C(=O)CN2CCc3sccc3C2)c1. The number of ketones is 1. The summed E-state index contributed by atoms with van der Waals surface area (Å²) < 4.78 is 5.17. The zero-order chi connectivity index (χ0) is 13.9. The van der Waals surface area contributed by atoms with Gasteiger partial charge in [-0.25, -0.2) is 0 Å². The van der Waals surface area contributed by atoms with Crippen molar-refractivity contribution in [2.45, 2.75) is 13.0 Å². The molecule has 104 valence electrons. The van der Waals surface area contributed by atoms with Crippen LogP contribution in [0, 0.1) is 0 Å². The molecular formula is C16H17NO2S. The van der Waals surface area contributed by atoms with E-state index in [1.165, 1.54) is 10.4 Å². The number of thiophene rings is 1. The summed E-state index contributed by atoms with van der Waals surface area (Å²) in [6, 6.07) is 9.55. The number of carbonyl (C=O) groups excluding carboxylic acids is 1. The summed E-state index contributed by atoms with van der Waals surface area (Å²) in [5.41, 5.74) is 2.10. The van der Waals surface area contributed by atoms with Crippen LogP contribution in [0.15, 0.2) is 35.7 Å². The summed E-state index contributed by atoms with van der Waals surface area (Å²) in [5.74, 6) is 0.886. The van der Waals surface area contributed by atoms with Crippen LogP contribution in [0.5, 0.6) is 5.75 Å². The number of ether oxygens (including phenoxy) is 1. The molecule has 0 saturated carbocycles. The van der Waals surface area contributed by atoms with Crippen LogP contribution in [0.2, 0.25) is 0 Å². The van der Waals surface area contributed by atoms with Gasteiger partial charge in [-0.2, -0.15) is 0 Å². The predicted octanol–water partition coefficient (Wildman–Crippen LogP) is 3.00. The predicted molar refractivity (Wildman–Crippen MR) is 80.6 cm³/mol. The molecule has 0 bridgehead atoms. The lowest BCUT2D eigenvalue weighted by atomic mass is 10.1. The Morgan fingerprint density at radius 3 is 3.15 bits per heavy atom. The Labute approximate surface area is 122 Å². The minimum absolute atomic E-state index is 0.155. The van der Waals surface area contributed by atoms with Crippen LogP contribution in [0.1, 0.15) is 20.8 Å². The van der Waals surface area contributed by atoms with Crippen LogP contribution in [0.4, 0.5) is 0 Å². The van der Waals surface area contributed by atoms with Crippen molar-refractivity contribution in [3.8, 4) is 5.75 Å². The van der Waals surface area contributed by atoms with Gasteiger partial charge in [0.2, 0.25) is 0 Å². The van der Waals surface area contributed by atoms with Gasteiger partial charge in [0.05, 0.1) is 13.7 Å². The minimum Gasteiger partial charge on any atom is -0.497 e. The van der Waals surface area contributed by atoms with Crippen molar-refractivity contribution < 1.29 is 9.53 Å². The van der Waals surface area contributed by atoms with Crippen LogP contribution in [0.25, 0.3) is 0 Å². The van der Waals surface area contributed by atoms with E-state index in [2.05, 4.69) is 16.3 Å². The molecule has 0 amide bonds. The van der Waals surface area contributed by atoms with Gasteiger partial charge in [-0.3, -0.25) is 9.69 Å². The van der Waals surface area contributed by atoms with E-state index in [1.807, 2.05) is 35.6 Å². The van der Waals surface area contributed by atoms with E-state index in [9.17, 15) is 4.79 Å². The third kappa shape index (κ3) is 2.76. The van der Waals surface area contributed by atoms with Gasteiger partial charge in [-0.15, -0.1) is 11.3 Å². The summed E-state index contributed by atoms with van der Waals surface area (Å²) in [7, 11) is 1.62. The molecular weight excluding hydrogens is 270 g/mol. The normalized spacial score (nSPS) is 14.8. The van der Waals surface area contributed by atoms with Crippen LogP contribution in [0.3, 0.4) is 0 Å². The number of hydrogen-bond acceptors (Lipinski definition) is 4. The van der Waals surface area contributed by atoms with Crippen LogP contribution < -0.4 is 4.74 Å². The zero-order valence-electron chi connectivity index (χ0n) is 11.5. The van der Waals surface area contributed by atoms with Gasteiger partial charge in [-0.1, -0.05) is 12.1 Å². The number of Topliss-reactive ketones (excluding diaryl/α,β-unsaturated/α-hetero) is 1. The quantitative estimate of drug-likeness (QED) is 0.810. The maximum atomic E-state index is 12.3. The maximum absolute atomic E-state index is 12.3. The molecule has 0 fully saturated rings. The van der Waals surface area contributed by atoms with Crippen LogP contribution in [-0.4, -0.2) is 30.9 Å². The highest BCUT2D eigenvalue weighted by atomic mass is 32.1. The highest BCUT2D eigenvalue weighted by molar-refractivity contribution is 7.10. The van der Waals surface area contributed by atoms with Gasteiger partial charge >= 0.3 is 0 Å². The van der Waals surface area contributed by atoms with E-state index in [1.54, 1.807) is 7.11 Å². The number of benzene rings is 1. The van der Waals surface area contributed by atoms with Crippen molar-refractivity contribution in [2.75, 3.05) is 20.2 Å². The summed E-state index contributed by atoms with van der Waals surface area (Å²) in [4.78, 5) is 16.0. The number of fused-ring (bicyclic) bond motifs is 1. The Bertz CT molecular complexity index is 620. The molecule has 0 atom stereocenters. The second-order valence-electron chi connectivity index (χ2n) is 4.98. The first-order valence-electron chi connectivity index (χ1n) is 6.71. The van der Waals surface area contributed by atoms with Crippen molar-refractivity contribution in [3.63, 3.8) is 0 Å². The molecule has 1 aromatic carbocycles. The average Bonchev–Trinajstić information content (AvgIpc) is 2.95. The molecule has 0 aliphatic carbocycles. The van der Waals surface area contributed by atoms with Crippen LogP contribution >= 0.6 is 11.3 Å². The molecule has 0 spiro atoms. The summed E-state index contributed by atoms with van der Waals surface area (Å²) in [6.07, 6.45) is 1.05. The van der Waals surface area contributed by atoms with Crippen molar-refractivity contribution in [3.05, 3.63) is 51.7 Å². The molecule has 0 N–H and O–H groups in total. The van der Waals surface area contributed by atoms with Crippen molar-refractivity contribution in [1.82, 2.24) is 4.90 Å². The zero-order valence-corrected chi connectivity index (χ0v) is 12.3. The summed E-state index contributed by atoms with van der Waals surface area (Å²) in [6.45, 7) is 2.32. The number of carbonyl (C=O) groups is 1. The van der Waals surface area contributed by atoms with Gasteiger partial charge in [0.15, 0.2) is 5.78 Å². The number of hydrogen-bond donors (Lipinski definition) is 0. The molecule has 2 heterocycles. The monoisotopic (exact) mass is 287 g/mol. The first-order chi connectivity index (χ1) is 9.76. The standard InChI is InChI=1S/C16H17NO2S/c1-19-14-4-2-3-12(9-14)15(18)11-17-7-5-16-13(10-17)6-8-20-16/h2-4,6,8-9H,5,7,10-11H2,1H3. The Balaban J connectivity index is 1.67. The van der Waals surface area contributed by atoms with E-state index in [0.29, 0.717) is 6.54 Å². The molecule has 1 aliphatic rings. The van der Waals surface area contributed by atoms with Gasteiger partial charge in [0.25, 0.3) is 0 Å². The van der Waals surface area contributed by atoms with Crippen molar-refractivity contribution in [1.29, 1.82) is 0 Å². The Morgan fingerprint density at radius 1 is 1.40 bits per heavy atom. The van der Waals surface area contributed by atoms with Crippen molar-refractivity contribution in [2.24, 2.45) is 0 Å². The first kappa shape index (κ1) is 13.3. The van der Waals surface area contributed by atoms with Gasteiger partial charge < -0.3 is 4.74 Å². The fourth-order valence-electron chi connectivity index (χ4n) is 2.53. The molecule has 0 saturated heterocycles. The second-order valence-corrected chi connectivity index (χ2v) is 5.99. The lowest BCUT2D eigenvalue weighted by molar-refractivity contribution is 0.0922. The lowest BCUT2D eigenvalue weighted by Gasteiger charge is -2.26. The van der Waals surface area contributed by atoms with E-state index in [4.69, 9.17) is 4.74 Å². The smallest absolute Gasteiger partial charge is 0.176 e. The van der Waals surface area contributed by atoms with E-state index in [-0.39, 0.29) is 5.78 Å². The fourth-order valence-corrected chi connectivity index (χ4v) is 3.42. The second kappa shape index (κ2) is 5.77. The first-order valence-corrected chi connectivity index (χ1v) is 7.59. The molecule has 1 aromatic heterocycles. The Kier molecular flexibility index (Phi) is 3.85.